The number of carbonyl (C=O) groups excluding carboxylic acids is 1. The van der Waals surface area contributed by atoms with Crippen LogP contribution in [-0.4, -0.2) is 33.6 Å². The molecule has 3 N–H and O–H groups in total. The minimum Gasteiger partial charge on any atom is -0.322 e. The predicted molar refractivity (Wildman–Crippen MR) is 113 cm³/mol. The largest absolute Gasteiger partial charge is 0.322 e. The number of nitrogens with one attached hydrogen (secondary N) is 3. The minimum absolute atomic E-state index is 0.216. The van der Waals surface area contributed by atoms with E-state index in [-0.39, 0.29) is 23.2 Å². The second-order valence-corrected chi connectivity index (χ2v) is 7.50. The Bertz CT molecular complexity index is 1300. The third-order valence-corrected chi connectivity index (χ3v) is 5.57. The lowest BCUT2D eigenvalue weighted by Gasteiger charge is -2.23. The van der Waals surface area contributed by atoms with E-state index in [0.29, 0.717) is 27.8 Å². The number of H-pyrrole nitrogens is 1. The number of hydrogen-bond donors (Lipinski definition) is 3. The molecule has 0 aliphatic carbocycles. The van der Waals surface area contributed by atoms with Gasteiger partial charge in [0.15, 0.2) is 0 Å². The summed E-state index contributed by atoms with van der Waals surface area (Å²) in [7, 11) is 0. The van der Waals surface area contributed by atoms with Crippen molar-refractivity contribution in [2.75, 3.05) is 18.4 Å². The minimum atomic E-state index is -0.374. The number of aromatic amines is 1. The second-order valence-electron chi connectivity index (χ2n) is 7.50. The Morgan fingerprint density at radius 1 is 1.13 bits per heavy atom. The highest BCUT2D eigenvalue weighted by molar-refractivity contribution is 6.15. The summed E-state index contributed by atoms with van der Waals surface area (Å²) in [6.45, 7) is 1.79. The van der Waals surface area contributed by atoms with Gasteiger partial charge in [0.1, 0.15) is 11.5 Å². The molecule has 5 rings (SSSR count). The Morgan fingerprint density at radius 3 is 2.67 bits per heavy atom. The maximum atomic E-state index is 13.2. The number of nitrogens with zero attached hydrogens (tertiary/aromatic N) is 2. The lowest BCUT2D eigenvalue weighted by Crippen LogP contribution is -2.28. The zero-order chi connectivity index (χ0) is 20.7. The zero-order valence-corrected chi connectivity index (χ0v) is 16.1. The van der Waals surface area contributed by atoms with Gasteiger partial charge in [-0.2, -0.15) is 5.10 Å². The number of halogens is 1. The molecular weight excluding hydrogens is 385 g/mol. The third kappa shape index (κ3) is 3.25. The molecule has 0 saturated carbocycles. The molecule has 1 aliphatic heterocycles. The molecule has 1 fully saturated rings. The van der Waals surface area contributed by atoms with Crippen molar-refractivity contribution in [2.45, 2.75) is 18.8 Å². The molecule has 30 heavy (non-hydrogen) atoms. The average Bonchev–Trinajstić information content (AvgIpc) is 3.14. The topological polar surface area (TPSA) is 91.3 Å². The molecule has 0 atom stereocenters. The summed E-state index contributed by atoms with van der Waals surface area (Å²) in [5.74, 6) is -0.502. The van der Waals surface area contributed by atoms with Gasteiger partial charge in [-0.05, 0) is 62.3 Å². The van der Waals surface area contributed by atoms with Crippen molar-refractivity contribution in [2.24, 2.45) is 0 Å². The highest BCUT2D eigenvalue weighted by Crippen LogP contribution is 2.28. The summed E-state index contributed by atoms with van der Waals surface area (Å²) in [5.41, 5.74) is 2.65. The number of carbonyl (C=O) groups is 1. The summed E-state index contributed by atoms with van der Waals surface area (Å²) in [6, 6.07) is 12.5. The van der Waals surface area contributed by atoms with Crippen molar-refractivity contribution in [3.05, 3.63) is 76.0 Å². The van der Waals surface area contributed by atoms with E-state index >= 15 is 0 Å². The van der Waals surface area contributed by atoms with Gasteiger partial charge < -0.3 is 15.6 Å². The Morgan fingerprint density at radius 2 is 1.90 bits per heavy atom. The summed E-state index contributed by atoms with van der Waals surface area (Å²) < 4.78 is 14.9. The highest BCUT2D eigenvalue weighted by Gasteiger charge is 2.22. The van der Waals surface area contributed by atoms with Crippen LogP contribution in [0.5, 0.6) is 0 Å². The van der Waals surface area contributed by atoms with Gasteiger partial charge in [-0.3, -0.25) is 9.59 Å². The molecule has 2 aromatic carbocycles. The predicted octanol–water partition coefficient (Wildman–Crippen LogP) is 3.03. The molecule has 0 radical (unpaired) electrons. The van der Waals surface area contributed by atoms with E-state index in [1.807, 2.05) is 6.07 Å². The van der Waals surface area contributed by atoms with Crippen LogP contribution in [0.25, 0.3) is 16.6 Å². The van der Waals surface area contributed by atoms with Gasteiger partial charge in [-0.15, -0.1) is 0 Å². The summed E-state index contributed by atoms with van der Waals surface area (Å²) in [6.07, 6.45) is 1.85. The van der Waals surface area contributed by atoms with Crippen LogP contribution in [-0.2, 0) is 0 Å². The normalized spacial score (nSPS) is 15.0. The van der Waals surface area contributed by atoms with Crippen LogP contribution in [0.15, 0.2) is 53.3 Å². The fourth-order valence-corrected chi connectivity index (χ4v) is 4.12. The van der Waals surface area contributed by atoms with Crippen LogP contribution >= 0.6 is 0 Å². The number of fused-ring (bicyclic) bond motifs is 3. The van der Waals surface area contributed by atoms with Crippen molar-refractivity contribution in [1.82, 2.24) is 19.9 Å². The fraction of sp³-hybridized carbons (Fsp3) is 0.227. The second kappa shape index (κ2) is 7.38. The van der Waals surface area contributed by atoms with E-state index in [2.05, 4.69) is 20.7 Å². The van der Waals surface area contributed by atoms with Gasteiger partial charge in [-0.1, -0.05) is 6.07 Å². The Kier molecular flexibility index (Phi) is 4.55. The highest BCUT2D eigenvalue weighted by atomic mass is 19.1. The van der Waals surface area contributed by atoms with Crippen LogP contribution in [0, 0.1) is 5.82 Å². The Balaban J connectivity index is 1.64. The molecule has 1 aliphatic rings. The maximum absolute atomic E-state index is 13.2. The van der Waals surface area contributed by atoms with Gasteiger partial charge in [0.2, 0.25) is 0 Å². The van der Waals surface area contributed by atoms with Crippen molar-refractivity contribution in [1.29, 1.82) is 0 Å². The number of amides is 1. The number of rotatable bonds is 3. The first-order valence-electron chi connectivity index (χ1n) is 9.92. The molecular formula is C22H20FN5O2. The molecule has 2 aromatic heterocycles. The summed E-state index contributed by atoms with van der Waals surface area (Å²) in [5, 5.41) is 11.4. The van der Waals surface area contributed by atoms with Crippen LogP contribution < -0.4 is 16.2 Å². The number of hydrogen-bond acceptors (Lipinski definition) is 4. The number of anilines is 1. The first-order valence-corrected chi connectivity index (χ1v) is 9.92. The summed E-state index contributed by atoms with van der Waals surface area (Å²) in [4.78, 5) is 28.3. The van der Waals surface area contributed by atoms with Crippen LogP contribution in [0.3, 0.4) is 0 Å². The molecule has 3 heterocycles. The van der Waals surface area contributed by atoms with E-state index in [0.717, 1.165) is 31.6 Å². The van der Waals surface area contributed by atoms with Crippen molar-refractivity contribution < 1.29 is 9.18 Å². The van der Waals surface area contributed by atoms with Crippen LogP contribution in [0.1, 0.15) is 34.8 Å². The van der Waals surface area contributed by atoms with Gasteiger partial charge in [0.05, 0.1) is 22.2 Å². The number of piperidine rings is 1. The van der Waals surface area contributed by atoms with Crippen LogP contribution in [0.4, 0.5) is 10.1 Å². The van der Waals surface area contributed by atoms with Gasteiger partial charge in [0.25, 0.3) is 11.5 Å². The molecule has 8 heteroatoms. The lowest BCUT2D eigenvalue weighted by molar-refractivity contribution is 0.102. The molecule has 0 spiro atoms. The molecule has 0 bridgehead atoms. The molecule has 1 amide bonds. The molecule has 0 unspecified atom stereocenters. The molecule has 1 saturated heterocycles. The van der Waals surface area contributed by atoms with Gasteiger partial charge >= 0.3 is 0 Å². The van der Waals surface area contributed by atoms with E-state index in [1.54, 1.807) is 22.7 Å². The zero-order valence-electron chi connectivity index (χ0n) is 16.1. The van der Waals surface area contributed by atoms with Crippen molar-refractivity contribution in [3.63, 3.8) is 0 Å². The standard InChI is InChI=1S/C22H20FN5O2/c23-14-4-6-15(7-5-14)25-22(30)16-2-1-3-17-20(16)21-26-19(29)12-18(28(21)27-17)13-8-10-24-11-9-13/h1-7,12-13,24H,8-11H2,(H,25,30)(H,26,29). The molecule has 152 valence electrons. The molecule has 7 nitrogen and oxygen atoms in total. The van der Waals surface area contributed by atoms with Gasteiger partial charge in [-0.25, -0.2) is 8.91 Å². The Labute approximate surface area is 170 Å². The molecule has 4 aromatic rings. The quantitative estimate of drug-likeness (QED) is 0.489. The van der Waals surface area contributed by atoms with Crippen molar-refractivity contribution in [3.8, 4) is 0 Å². The Hall–Kier alpha value is -3.52. The SMILES string of the molecule is O=C(Nc1ccc(F)cc1)c1cccc2nn3c(C4CCNCC4)cc(=O)[nH]c3c12. The first-order chi connectivity index (χ1) is 14.6. The third-order valence-electron chi connectivity index (χ3n) is 5.57. The maximum Gasteiger partial charge on any atom is 0.256 e. The van der Waals surface area contributed by atoms with E-state index in [9.17, 15) is 14.0 Å². The summed E-state index contributed by atoms with van der Waals surface area (Å²) >= 11 is 0. The fourth-order valence-electron chi connectivity index (χ4n) is 4.12. The van der Waals surface area contributed by atoms with E-state index in [4.69, 9.17) is 0 Å². The average molecular weight is 405 g/mol. The first kappa shape index (κ1) is 18.5. The smallest absolute Gasteiger partial charge is 0.256 e. The van der Waals surface area contributed by atoms with E-state index in [1.165, 1.54) is 24.3 Å². The number of benzene rings is 2. The van der Waals surface area contributed by atoms with Crippen molar-refractivity contribution >= 4 is 28.1 Å². The van der Waals surface area contributed by atoms with Crippen LogP contribution in [0.2, 0.25) is 0 Å². The monoisotopic (exact) mass is 405 g/mol. The van der Waals surface area contributed by atoms with E-state index < -0.39 is 0 Å². The number of aromatic nitrogens is 3. The lowest BCUT2D eigenvalue weighted by atomic mass is 9.94. The van der Waals surface area contributed by atoms with Gasteiger partial charge in [0, 0.05) is 17.7 Å².